The van der Waals surface area contributed by atoms with Crippen molar-refractivity contribution in [2.45, 2.75) is 45.4 Å². The number of amides is 1. The van der Waals surface area contributed by atoms with Crippen LogP contribution in [0.5, 0.6) is 5.75 Å². The van der Waals surface area contributed by atoms with E-state index in [1.165, 1.54) is 0 Å². The van der Waals surface area contributed by atoms with Crippen molar-refractivity contribution in [1.82, 2.24) is 10.3 Å². The van der Waals surface area contributed by atoms with Crippen molar-refractivity contribution in [3.63, 3.8) is 0 Å². The third-order valence-electron chi connectivity index (χ3n) is 3.72. The SMILES string of the molecule is Cc1nc(COc2ccc(C(=O)O[C@@H](C)C(=O)NC3CC3)cc2)cs1. The molecule has 2 aromatic rings. The van der Waals surface area contributed by atoms with Gasteiger partial charge in [0.15, 0.2) is 6.10 Å². The molecular weight excluding hydrogens is 340 g/mol. The molecule has 1 amide bonds. The number of aryl methyl sites for hydroxylation is 1. The molecule has 0 radical (unpaired) electrons. The molecule has 1 fully saturated rings. The lowest BCUT2D eigenvalue weighted by Gasteiger charge is -2.13. The molecule has 1 aromatic heterocycles. The summed E-state index contributed by atoms with van der Waals surface area (Å²) in [6.45, 7) is 3.90. The lowest BCUT2D eigenvalue weighted by atomic mass is 10.2. The Labute approximate surface area is 150 Å². The number of aromatic nitrogens is 1. The second kappa shape index (κ2) is 7.65. The van der Waals surface area contributed by atoms with Crippen LogP contribution in [0, 0.1) is 6.92 Å². The summed E-state index contributed by atoms with van der Waals surface area (Å²) >= 11 is 1.58. The number of carbonyl (C=O) groups is 2. The van der Waals surface area contributed by atoms with Crippen molar-refractivity contribution in [2.75, 3.05) is 0 Å². The van der Waals surface area contributed by atoms with Crippen LogP contribution in [0.1, 0.15) is 40.8 Å². The van der Waals surface area contributed by atoms with E-state index in [0.29, 0.717) is 17.9 Å². The van der Waals surface area contributed by atoms with Crippen LogP contribution < -0.4 is 10.1 Å². The van der Waals surface area contributed by atoms with Crippen molar-refractivity contribution in [3.8, 4) is 5.75 Å². The maximum atomic E-state index is 12.1. The molecule has 0 aliphatic heterocycles. The molecule has 1 atom stereocenters. The quantitative estimate of drug-likeness (QED) is 0.768. The summed E-state index contributed by atoms with van der Waals surface area (Å²) in [4.78, 5) is 28.3. The molecule has 0 saturated heterocycles. The first-order valence-electron chi connectivity index (χ1n) is 8.16. The zero-order valence-electron chi connectivity index (χ0n) is 14.2. The van der Waals surface area contributed by atoms with Gasteiger partial charge in [0.1, 0.15) is 12.4 Å². The molecule has 1 heterocycles. The van der Waals surface area contributed by atoms with E-state index in [1.54, 1.807) is 42.5 Å². The highest BCUT2D eigenvalue weighted by Crippen LogP contribution is 2.19. The maximum Gasteiger partial charge on any atom is 0.338 e. The summed E-state index contributed by atoms with van der Waals surface area (Å²) in [6, 6.07) is 6.88. The van der Waals surface area contributed by atoms with Gasteiger partial charge in [0.05, 0.1) is 16.3 Å². The van der Waals surface area contributed by atoms with Crippen LogP contribution in [-0.4, -0.2) is 29.0 Å². The van der Waals surface area contributed by atoms with Crippen LogP contribution in [-0.2, 0) is 16.1 Å². The van der Waals surface area contributed by atoms with Crippen molar-refractivity contribution < 1.29 is 19.1 Å². The van der Waals surface area contributed by atoms with Gasteiger partial charge in [-0.1, -0.05) is 0 Å². The number of ether oxygens (including phenoxy) is 2. The van der Waals surface area contributed by atoms with E-state index in [0.717, 1.165) is 23.5 Å². The van der Waals surface area contributed by atoms with Crippen molar-refractivity contribution in [2.24, 2.45) is 0 Å². The van der Waals surface area contributed by atoms with E-state index in [-0.39, 0.29) is 11.9 Å². The fourth-order valence-corrected chi connectivity index (χ4v) is 2.74. The van der Waals surface area contributed by atoms with Gasteiger partial charge in [-0.2, -0.15) is 0 Å². The van der Waals surface area contributed by atoms with Gasteiger partial charge < -0.3 is 14.8 Å². The minimum atomic E-state index is -0.808. The molecule has 1 aromatic carbocycles. The number of thiazole rings is 1. The third kappa shape index (κ3) is 5.03. The number of benzene rings is 1. The zero-order chi connectivity index (χ0) is 17.8. The lowest BCUT2D eigenvalue weighted by molar-refractivity contribution is -0.129. The molecule has 6 nitrogen and oxygen atoms in total. The molecule has 1 saturated carbocycles. The summed E-state index contributed by atoms with van der Waals surface area (Å²) < 4.78 is 10.8. The minimum absolute atomic E-state index is 0.242. The van der Waals surface area contributed by atoms with Gasteiger partial charge in [-0.3, -0.25) is 4.79 Å². The molecule has 0 bridgehead atoms. The highest BCUT2D eigenvalue weighted by Gasteiger charge is 2.27. The fraction of sp³-hybridized carbons (Fsp3) is 0.389. The highest BCUT2D eigenvalue weighted by atomic mass is 32.1. The van der Waals surface area contributed by atoms with Gasteiger partial charge in [0.25, 0.3) is 5.91 Å². The fourth-order valence-electron chi connectivity index (χ4n) is 2.15. The molecule has 1 aliphatic rings. The first-order valence-corrected chi connectivity index (χ1v) is 9.04. The summed E-state index contributed by atoms with van der Waals surface area (Å²) in [5, 5.41) is 5.76. The van der Waals surface area contributed by atoms with Crippen LogP contribution in [0.3, 0.4) is 0 Å². The lowest BCUT2D eigenvalue weighted by Crippen LogP contribution is -2.37. The molecule has 1 aliphatic carbocycles. The Balaban J connectivity index is 1.50. The summed E-state index contributed by atoms with van der Waals surface area (Å²) in [7, 11) is 0. The van der Waals surface area contributed by atoms with E-state index >= 15 is 0 Å². The summed E-state index contributed by atoms with van der Waals surface area (Å²) in [6.07, 6.45) is 1.18. The van der Waals surface area contributed by atoms with Crippen LogP contribution in [0.4, 0.5) is 0 Å². The number of rotatable bonds is 7. The van der Waals surface area contributed by atoms with Gasteiger partial charge in [-0.05, 0) is 51.0 Å². The molecular formula is C18H20N2O4S. The Bertz CT molecular complexity index is 753. The molecule has 0 unspecified atom stereocenters. The molecule has 25 heavy (non-hydrogen) atoms. The Kier molecular flexibility index (Phi) is 5.33. The van der Waals surface area contributed by atoms with Gasteiger partial charge >= 0.3 is 5.97 Å². The van der Waals surface area contributed by atoms with Gasteiger partial charge in [0, 0.05) is 11.4 Å². The first kappa shape index (κ1) is 17.4. The number of hydrogen-bond acceptors (Lipinski definition) is 6. The largest absolute Gasteiger partial charge is 0.487 e. The Morgan fingerprint density at radius 2 is 2.04 bits per heavy atom. The standard InChI is InChI=1S/C18H20N2O4S/c1-11(17(21)20-14-5-6-14)24-18(22)13-3-7-16(8-4-13)23-9-15-10-25-12(2)19-15/h3-4,7-8,10-11,14H,5-6,9H2,1-2H3,(H,20,21)/t11-/m0/s1. The predicted molar refractivity (Wildman–Crippen MR) is 93.7 cm³/mol. The molecule has 132 valence electrons. The van der Waals surface area contributed by atoms with Gasteiger partial charge in [-0.15, -0.1) is 11.3 Å². The second-order valence-corrected chi connectivity index (χ2v) is 7.06. The topological polar surface area (TPSA) is 77.5 Å². The van der Waals surface area contributed by atoms with Gasteiger partial charge in [-0.25, -0.2) is 9.78 Å². The van der Waals surface area contributed by atoms with Crippen LogP contribution in [0.2, 0.25) is 0 Å². The van der Waals surface area contributed by atoms with Crippen molar-refractivity contribution >= 4 is 23.2 Å². The number of nitrogens with one attached hydrogen (secondary N) is 1. The van der Waals surface area contributed by atoms with E-state index in [2.05, 4.69) is 10.3 Å². The second-order valence-electron chi connectivity index (χ2n) is 6.00. The highest BCUT2D eigenvalue weighted by molar-refractivity contribution is 7.09. The Hall–Kier alpha value is -2.41. The van der Waals surface area contributed by atoms with Crippen molar-refractivity contribution in [3.05, 3.63) is 45.9 Å². The number of hydrogen-bond donors (Lipinski definition) is 1. The van der Waals surface area contributed by atoms with Crippen molar-refractivity contribution in [1.29, 1.82) is 0 Å². The number of nitrogens with zero attached hydrogens (tertiary/aromatic N) is 1. The summed E-state index contributed by atoms with van der Waals surface area (Å²) in [5.41, 5.74) is 1.25. The normalized spacial score (nSPS) is 14.6. The van der Waals surface area contributed by atoms with Crippen LogP contribution in [0.15, 0.2) is 29.6 Å². The monoisotopic (exact) mass is 360 g/mol. The molecule has 1 N–H and O–H groups in total. The van der Waals surface area contributed by atoms with E-state index in [9.17, 15) is 9.59 Å². The number of carbonyl (C=O) groups excluding carboxylic acids is 2. The molecule has 3 rings (SSSR count). The Morgan fingerprint density at radius 1 is 1.32 bits per heavy atom. The number of esters is 1. The average Bonchev–Trinajstić information content (AvgIpc) is 3.32. The Morgan fingerprint density at radius 3 is 2.64 bits per heavy atom. The zero-order valence-corrected chi connectivity index (χ0v) is 15.0. The smallest absolute Gasteiger partial charge is 0.338 e. The van der Waals surface area contributed by atoms with Gasteiger partial charge in [0.2, 0.25) is 0 Å². The van der Waals surface area contributed by atoms with Crippen LogP contribution in [0.25, 0.3) is 0 Å². The van der Waals surface area contributed by atoms with E-state index in [4.69, 9.17) is 9.47 Å². The van der Waals surface area contributed by atoms with Crippen LogP contribution >= 0.6 is 11.3 Å². The predicted octanol–water partition coefficient (Wildman–Crippen LogP) is 2.85. The first-order chi connectivity index (χ1) is 12.0. The minimum Gasteiger partial charge on any atom is -0.487 e. The maximum absolute atomic E-state index is 12.1. The molecule has 7 heteroatoms. The third-order valence-corrected chi connectivity index (χ3v) is 4.54. The average molecular weight is 360 g/mol. The van der Waals surface area contributed by atoms with E-state index in [1.807, 2.05) is 12.3 Å². The van der Waals surface area contributed by atoms with E-state index < -0.39 is 12.1 Å². The summed E-state index contributed by atoms with van der Waals surface area (Å²) in [5.74, 6) is -0.142. The molecule has 0 spiro atoms.